The molecule has 1 heterocycles. The Bertz CT molecular complexity index is 250. The first-order valence-corrected chi connectivity index (χ1v) is 7.73. The molecular weight excluding hydrogens is 208 g/mol. The Morgan fingerprint density at radius 2 is 1.47 bits per heavy atom. The summed E-state index contributed by atoms with van der Waals surface area (Å²) in [6.07, 6.45) is 15.8. The molecule has 3 saturated carbocycles. The minimum absolute atomic E-state index is 0.565. The number of hydrogen-bond donors (Lipinski definition) is 2. The zero-order chi connectivity index (χ0) is 11.8. The van der Waals surface area contributed by atoms with Crippen molar-refractivity contribution in [3.8, 4) is 0 Å². The number of nitrogens with one attached hydrogen (secondary N) is 1. The predicted molar refractivity (Wildman–Crippen MR) is 71.9 cm³/mol. The van der Waals surface area contributed by atoms with Gasteiger partial charge < -0.3 is 11.1 Å². The molecule has 0 radical (unpaired) electrons. The lowest BCUT2D eigenvalue weighted by Gasteiger charge is -2.53. The van der Waals surface area contributed by atoms with Gasteiger partial charge in [0.25, 0.3) is 0 Å². The summed E-state index contributed by atoms with van der Waals surface area (Å²) in [5, 5.41) is 3.63. The zero-order valence-electron chi connectivity index (χ0n) is 11.1. The molecule has 1 aliphatic heterocycles. The summed E-state index contributed by atoms with van der Waals surface area (Å²) in [4.78, 5) is 0. The second-order valence-corrected chi connectivity index (χ2v) is 7.04. The van der Waals surface area contributed by atoms with Gasteiger partial charge in [-0.05, 0) is 69.7 Å². The Morgan fingerprint density at radius 1 is 0.824 bits per heavy atom. The standard InChI is InChI=1S/C8H15N.C7H13N/c1-2-7-9-8(4-1)5-3-6-8;8-6-4-7(5-6)2-1-3-7/h9H,1-7H2;6H,1-5,8H2. The van der Waals surface area contributed by atoms with Crippen molar-refractivity contribution in [2.24, 2.45) is 11.1 Å². The smallest absolute Gasteiger partial charge is 0.0181 e. The molecule has 4 aliphatic rings. The van der Waals surface area contributed by atoms with E-state index in [0.717, 1.165) is 5.41 Å². The van der Waals surface area contributed by atoms with Crippen molar-refractivity contribution in [3.63, 3.8) is 0 Å². The van der Waals surface area contributed by atoms with Crippen LogP contribution < -0.4 is 11.1 Å². The quantitative estimate of drug-likeness (QED) is 0.678. The largest absolute Gasteiger partial charge is 0.328 e. The minimum atomic E-state index is 0.565. The topological polar surface area (TPSA) is 38.0 Å². The van der Waals surface area contributed by atoms with Crippen LogP contribution in [0.25, 0.3) is 0 Å². The lowest BCUT2D eigenvalue weighted by Crippen LogP contribution is -2.53. The summed E-state index contributed by atoms with van der Waals surface area (Å²) in [6.45, 7) is 1.28. The monoisotopic (exact) mass is 236 g/mol. The van der Waals surface area contributed by atoms with Crippen LogP contribution in [-0.4, -0.2) is 18.1 Å². The third-order valence-electron chi connectivity index (χ3n) is 5.70. The van der Waals surface area contributed by atoms with E-state index < -0.39 is 0 Å². The van der Waals surface area contributed by atoms with Gasteiger partial charge in [0.2, 0.25) is 0 Å². The molecule has 17 heavy (non-hydrogen) atoms. The van der Waals surface area contributed by atoms with Gasteiger partial charge in [-0.25, -0.2) is 0 Å². The Hall–Kier alpha value is -0.0800. The summed E-state index contributed by atoms with van der Waals surface area (Å²) in [5.74, 6) is 0. The van der Waals surface area contributed by atoms with Gasteiger partial charge in [-0.15, -0.1) is 0 Å². The Balaban J connectivity index is 0.000000107. The van der Waals surface area contributed by atoms with E-state index in [0.29, 0.717) is 11.6 Å². The molecule has 0 unspecified atom stereocenters. The summed E-state index contributed by atoms with van der Waals surface area (Å²) in [7, 11) is 0. The van der Waals surface area contributed by atoms with Crippen molar-refractivity contribution < 1.29 is 0 Å². The highest BCUT2D eigenvalue weighted by molar-refractivity contribution is 5.00. The molecule has 2 spiro atoms. The molecule has 0 bridgehead atoms. The molecule has 2 nitrogen and oxygen atoms in total. The van der Waals surface area contributed by atoms with Gasteiger partial charge in [0.1, 0.15) is 0 Å². The molecule has 0 aromatic rings. The maximum Gasteiger partial charge on any atom is 0.0181 e. The van der Waals surface area contributed by atoms with E-state index in [1.807, 2.05) is 0 Å². The number of piperidine rings is 1. The van der Waals surface area contributed by atoms with Crippen LogP contribution in [-0.2, 0) is 0 Å². The van der Waals surface area contributed by atoms with E-state index in [1.54, 1.807) is 0 Å². The van der Waals surface area contributed by atoms with E-state index in [1.165, 1.54) is 77.2 Å². The summed E-state index contributed by atoms with van der Waals surface area (Å²) >= 11 is 0. The molecule has 2 heteroatoms. The van der Waals surface area contributed by atoms with E-state index in [2.05, 4.69) is 5.32 Å². The maximum atomic E-state index is 5.66. The van der Waals surface area contributed by atoms with Crippen molar-refractivity contribution in [2.75, 3.05) is 6.54 Å². The first-order chi connectivity index (χ1) is 8.22. The van der Waals surface area contributed by atoms with Crippen LogP contribution in [0.4, 0.5) is 0 Å². The van der Waals surface area contributed by atoms with E-state index >= 15 is 0 Å². The zero-order valence-corrected chi connectivity index (χ0v) is 11.1. The van der Waals surface area contributed by atoms with Crippen LogP contribution in [0.2, 0.25) is 0 Å². The Labute approximate surface area is 106 Å². The normalized spacial score (nSPS) is 33.0. The van der Waals surface area contributed by atoms with Gasteiger partial charge in [-0.2, -0.15) is 0 Å². The molecule has 0 atom stereocenters. The molecule has 0 aromatic carbocycles. The number of rotatable bonds is 0. The molecule has 4 rings (SSSR count). The fourth-order valence-corrected chi connectivity index (χ4v) is 4.20. The average Bonchev–Trinajstić information content (AvgIpc) is 2.22. The third-order valence-corrected chi connectivity index (χ3v) is 5.70. The lowest BCUT2D eigenvalue weighted by atomic mass is 9.54. The van der Waals surface area contributed by atoms with Crippen molar-refractivity contribution in [2.45, 2.75) is 82.2 Å². The molecular formula is C15H28N2. The van der Waals surface area contributed by atoms with Crippen molar-refractivity contribution in [1.29, 1.82) is 0 Å². The first-order valence-electron chi connectivity index (χ1n) is 7.73. The summed E-state index contributed by atoms with van der Waals surface area (Å²) in [5.41, 5.74) is 7.11. The molecule has 1 saturated heterocycles. The highest BCUT2D eigenvalue weighted by Gasteiger charge is 2.46. The van der Waals surface area contributed by atoms with Crippen molar-refractivity contribution in [3.05, 3.63) is 0 Å². The van der Waals surface area contributed by atoms with Gasteiger partial charge in [-0.1, -0.05) is 12.8 Å². The van der Waals surface area contributed by atoms with Crippen LogP contribution in [0.1, 0.15) is 70.6 Å². The lowest BCUT2D eigenvalue weighted by molar-refractivity contribution is 0.0121. The average molecular weight is 236 g/mol. The highest BCUT2D eigenvalue weighted by Crippen LogP contribution is 2.54. The van der Waals surface area contributed by atoms with Crippen LogP contribution in [0.15, 0.2) is 0 Å². The van der Waals surface area contributed by atoms with Crippen molar-refractivity contribution in [1.82, 2.24) is 5.32 Å². The van der Waals surface area contributed by atoms with Gasteiger partial charge in [-0.3, -0.25) is 0 Å². The molecule has 4 fully saturated rings. The van der Waals surface area contributed by atoms with Gasteiger partial charge in [0.05, 0.1) is 0 Å². The second kappa shape index (κ2) is 4.55. The maximum absolute atomic E-state index is 5.66. The van der Waals surface area contributed by atoms with Gasteiger partial charge in [0.15, 0.2) is 0 Å². The van der Waals surface area contributed by atoms with Gasteiger partial charge >= 0.3 is 0 Å². The predicted octanol–water partition coefficient (Wildman–Crippen LogP) is 2.96. The Morgan fingerprint density at radius 3 is 1.71 bits per heavy atom. The fraction of sp³-hybridized carbons (Fsp3) is 1.00. The molecule has 0 amide bonds. The van der Waals surface area contributed by atoms with E-state index in [-0.39, 0.29) is 0 Å². The molecule has 3 aliphatic carbocycles. The molecule has 3 N–H and O–H groups in total. The fourth-order valence-electron chi connectivity index (χ4n) is 4.20. The first kappa shape index (κ1) is 12.0. The minimum Gasteiger partial charge on any atom is -0.328 e. The number of nitrogens with two attached hydrogens (primary N) is 1. The number of hydrogen-bond acceptors (Lipinski definition) is 2. The van der Waals surface area contributed by atoms with Crippen LogP contribution in [0.3, 0.4) is 0 Å². The van der Waals surface area contributed by atoms with Gasteiger partial charge in [0, 0.05) is 11.6 Å². The van der Waals surface area contributed by atoms with E-state index in [9.17, 15) is 0 Å². The Kier molecular flexibility index (Phi) is 3.20. The van der Waals surface area contributed by atoms with E-state index in [4.69, 9.17) is 5.73 Å². The summed E-state index contributed by atoms with van der Waals surface area (Å²) in [6, 6.07) is 0.565. The highest BCUT2D eigenvalue weighted by atomic mass is 15.0. The summed E-state index contributed by atoms with van der Waals surface area (Å²) < 4.78 is 0. The molecule has 0 aromatic heterocycles. The van der Waals surface area contributed by atoms with Crippen LogP contribution in [0.5, 0.6) is 0 Å². The third kappa shape index (κ3) is 2.39. The van der Waals surface area contributed by atoms with Crippen LogP contribution in [0, 0.1) is 5.41 Å². The molecule has 98 valence electrons. The second-order valence-electron chi connectivity index (χ2n) is 7.04. The van der Waals surface area contributed by atoms with Crippen LogP contribution >= 0.6 is 0 Å². The van der Waals surface area contributed by atoms with Crippen molar-refractivity contribution >= 4 is 0 Å². The SMILES string of the molecule is C1CCC2(CCC2)NC1.NC1CC2(CCC2)C1.